The second kappa shape index (κ2) is 4.14. The lowest BCUT2D eigenvalue weighted by Gasteiger charge is -2.00. The van der Waals surface area contributed by atoms with Gasteiger partial charge < -0.3 is 5.11 Å². The van der Waals surface area contributed by atoms with Gasteiger partial charge in [-0.3, -0.25) is 9.48 Å². The van der Waals surface area contributed by atoms with E-state index in [0.29, 0.717) is 11.6 Å². The number of hydrogen-bond acceptors (Lipinski definition) is 2. The van der Waals surface area contributed by atoms with Crippen LogP contribution in [0.2, 0.25) is 5.15 Å². The first-order chi connectivity index (χ1) is 7.58. The monoisotopic (exact) mass is 238 g/mol. The number of aliphatic carboxylic acids is 1. The molecule has 1 N–H and O–H groups in total. The van der Waals surface area contributed by atoms with Crippen molar-refractivity contribution >= 4 is 28.5 Å². The lowest BCUT2D eigenvalue weighted by atomic mass is 10.1. The number of carbonyl (C=O) groups is 1. The summed E-state index contributed by atoms with van der Waals surface area (Å²) in [7, 11) is 1.81. The van der Waals surface area contributed by atoms with Gasteiger partial charge in [0.25, 0.3) is 0 Å². The molecule has 1 aromatic carbocycles. The Hall–Kier alpha value is -1.55. The maximum atomic E-state index is 10.5. The highest BCUT2D eigenvalue weighted by molar-refractivity contribution is 6.34. The first-order valence-corrected chi connectivity index (χ1v) is 5.28. The molecule has 0 aliphatic carbocycles. The molecular weight excluding hydrogens is 228 g/mol. The number of halogens is 1. The SMILES string of the molecule is Cn1nc(Cl)c2ccc(CCC(=O)O)cc21. The van der Waals surface area contributed by atoms with E-state index in [9.17, 15) is 4.79 Å². The van der Waals surface area contributed by atoms with Crippen molar-refractivity contribution in [3.8, 4) is 0 Å². The topological polar surface area (TPSA) is 55.1 Å². The first-order valence-electron chi connectivity index (χ1n) is 4.91. The van der Waals surface area contributed by atoms with Crippen molar-refractivity contribution < 1.29 is 9.90 Å². The van der Waals surface area contributed by atoms with Crippen LogP contribution in [-0.2, 0) is 18.3 Å². The van der Waals surface area contributed by atoms with E-state index in [2.05, 4.69) is 5.10 Å². The molecule has 0 saturated carbocycles. The summed E-state index contributed by atoms with van der Waals surface area (Å²) in [4.78, 5) is 10.5. The molecule has 0 bridgehead atoms. The minimum absolute atomic E-state index is 0.136. The van der Waals surface area contributed by atoms with Crippen LogP contribution in [0.25, 0.3) is 10.9 Å². The highest BCUT2D eigenvalue weighted by Gasteiger charge is 2.07. The van der Waals surface area contributed by atoms with Crippen molar-refractivity contribution in [1.82, 2.24) is 9.78 Å². The van der Waals surface area contributed by atoms with Crippen LogP contribution in [0.4, 0.5) is 0 Å². The average Bonchev–Trinajstić information content (AvgIpc) is 2.52. The molecule has 1 heterocycles. The molecule has 2 rings (SSSR count). The zero-order valence-electron chi connectivity index (χ0n) is 8.77. The third-order valence-electron chi connectivity index (χ3n) is 2.50. The van der Waals surface area contributed by atoms with Gasteiger partial charge in [-0.05, 0) is 24.1 Å². The van der Waals surface area contributed by atoms with Crippen molar-refractivity contribution in [2.24, 2.45) is 7.05 Å². The molecule has 0 unspecified atom stereocenters. The number of rotatable bonds is 3. The van der Waals surface area contributed by atoms with Crippen LogP contribution >= 0.6 is 11.6 Å². The second-order valence-corrected chi connectivity index (χ2v) is 4.02. The number of aromatic nitrogens is 2. The Kier molecular flexibility index (Phi) is 2.83. The number of hydrogen-bond donors (Lipinski definition) is 1. The molecule has 84 valence electrons. The zero-order chi connectivity index (χ0) is 11.7. The van der Waals surface area contributed by atoms with Crippen LogP contribution in [0.15, 0.2) is 18.2 Å². The fraction of sp³-hybridized carbons (Fsp3) is 0.273. The average molecular weight is 239 g/mol. The van der Waals surface area contributed by atoms with Crippen molar-refractivity contribution in [2.45, 2.75) is 12.8 Å². The van der Waals surface area contributed by atoms with Gasteiger partial charge in [-0.25, -0.2) is 0 Å². The van der Waals surface area contributed by atoms with E-state index in [4.69, 9.17) is 16.7 Å². The predicted octanol–water partition coefficient (Wildman–Crippen LogP) is 2.24. The summed E-state index contributed by atoms with van der Waals surface area (Å²) in [5.41, 5.74) is 1.91. The second-order valence-electron chi connectivity index (χ2n) is 3.66. The standard InChI is InChI=1S/C11H11ClN2O2/c1-14-9-6-7(3-5-10(15)16)2-4-8(9)11(12)13-14/h2,4,6H,3,5H2,1H3,(H,15,16). The molecule has 16 heavy (non-hydrogen) atoms. The van der Waals surface area contributed by atoms with Gasteiger partial charge >= 0.3 is 5.97 Å². The van der Waals surface area contributed by atoms with Crippen LogP contribution in [0, 0.1) is 0 Å². The molecule has 1 aromatic heterocycles. The Morgan fingerprint density at radius 1 is 1.56 bits per heavy atom. The van der Waals surface area contributed by atoms with Gasteiger partial charge in [0.05, 0.1) is 5.52 Å². The molecule has 0 aliphatic heterocycles. The molecule has 2 aromatic rings. The normalized spacial score (nSPS) is 10.9. The van der Waals surface area contributed by atoms with Crippen molar-refractivity contribution in [3.63, 3.8) is 0 Å². The van der Waals surface area contributed by atoms with Crippen LogP contribution in [0.1, 0.15) is 12.0 Å². The Morgan fingerprint density at radius 2 is 2.31 bits per heavy atom. The fourth-order valence-corrected chi connectivity index (χ4v) is 1.94. The molecule has 0 amide bonds. The number of aryl methyl sites for hydroxylation is 2. The quantitative estimate of drug-likeness (QED) is 0.892. The Balaban J connectivity index is 2.36. The van der Waals surface area contributed by atoms with Gasteiger partial charge in [0, 0.05) is 18.9 Å². The summed E-state index contributed by atoms with van der Waals surface area (Å²) in [6, 6.07) is 5.69. The molecule has 0 fully saturated rings. The number of benzene rings is 1. The van der Waals surface area contributed by atoms with Gasteiger partial charge in [0.15, 0.2) is 5.15 Å². The molecule has 0 aliphatic rings. The summed E-state index contributed by atoms with van der Waals surface area (Å²) < 4.78 is 1.70. The maximum absolute atomic E-state index is 10.5. The van der Waals surface area contributed by atoms with Crippen LogP contribution in [0.3, 0.4) is 0 Å². The molecule has 0 saturated heterocycles. The first kappa shape index (κ1) is 11.0. The van der Waals surface area contributed by atoms with Gasteiger partial charge in [0.2, 0.25) is 0 Å². The molecule has 5 heteroatoms. The predicted molar refractivity (Wildman–Crippen MR) is 61.7 cm³/mol. The van der Waals surface area contributed by atoms with Gasteiger partial charge in [-0.2, -0.15) is 5.10 Å². The lowest BCUT2D eigenvalue weighted by Crippen LogP contribution is -1.97. The van der Waals surface area contributed by atoms with E-state index in [1.807, 2.05) is 25.2 Å². The molecule has 4 nitrogen and oxygen atoms in total. The molecular formula is C11H11ClN2O2. The number of carboxylic acid groups (broad SMARTS) is 1. The Morgan fingerprint density at radius 3 is 3.00 bits per heavy atom. The zero-order valence-corrected chi connectivity index (χ0v) is 9.53. The van der Waals surface area contributed by atoms with E-state index >= 15 is 0 Å². The van der Waals surface area contributed by atoms with Gasteiger partial charge in [-0.1, -0.05) is 17.7 Å². The van der Waals surface area contributed by atoms with E-state index in [1.54, 1.807) is 4.68 Å². The smallest absolute Gasteiger partial charge is 0.303 e. The van der Waals surface area contributed by atoms with E-state index in [-0.39, 0.29) is 6.42 Å². The summed E-state index contributed by atoms with van der Waals surface area (Å²) in [5, 5.41) is 14.1. The van der Waals surface area contributed by atoms with Crippen LogP contribution < -0.4 is 0 Å². The summed E-state index contributed by atoms with van der Waals surface area (Å²) in [6.45, 7) is 0. The Labute approximate surface area is 97.4 Å². The maximum Gasteiger partial charge on any atom is 0.303 e. The number of nitrogens with zero attached hydrogens (tertiary/aromatic N) is 2. The van der Waals surface area contributed by atoms with E-state index in [1.165, 1.54) is 0 Å². The van der Waals surface area contributed by atoms with Gasteiger partial charge in [-0.15, -0.1) is 0 Å². The highest BCUT2D eigenvalue weighted by atomic mass is 35.5. The third kappa shape index (κ3) is 2.02. The molecule has 0 atom stereocenters. The largest absolute Gasteiger partial charge is 0.481 e. The van der Waals surface area contributed by atoms with Crippen LogP contribution in [0.5, 0.6) is 0 Å². The number of carboxylic acids is 1. The highest BCUT2D eigenvalue weighted by Crippen LogP contribution is 2.23. The summed E-state index contributed by atoms with van der Waals surface area (Å²) in [5.74, 6) is -0.789. The van der Waals surface area contributed by atoms with Crippen molar-refractivity contribution in [2.75, 3.05) is 0 Å². The molecule has 0 spiro atoms. The lowest BCUT2D eigenvalue weighted by molar-refractivity contribution is -0.136. The van der Waals surface area contributed by atoms with Crippen LogP contribution in [-0.4, -0.2) is 20.9 Å². The summed E-state index contributed by atoms with van der Waals surface area (Å²) in [6.07, 6.45) is 0.658. The fourth-order valence-electron chi connectivity index (χ4n) is 1.67. The van der Waals surface area contributed by atoms with E-state index < -0.39 is 5.97 Å². The summed E-state index contributed by atoms with van der Waals surface area (Å²) >= 11 is 5.93. The Bertz CT molecular complexity index is 548. The number of fused-ring (bicyclic) bond motifs is 1. The van der Waals surface area contributed by atoms with Crippen molar-refractivity contribution in [3.05, 3.63) is 28.9 Å². The minimum atomic E-state index is -0.789. The molecule has 0 radical (unpaired) electrons. The minimum Gasteiger partial charge on any atom is -0.481 e. The van der Waals surface area contributed by atoms with Crippen molar-refractivity contribution in [1.29, 1.82) is 0 Å². The third-order valence-corrected chi connectivity index (χ3v) is 2.78. The van der Waals surface area contributed by atoms with E-state index in [0.717, 1.165) is 16.5 Å². The van der Waals surface area contributed by atoms with Gasteiger partial charge in [0.1, 0.15) is 0 Å².